The summed E-state index contributed by atoms with van der Waals surface area (Å²) in [6.07, 6.45) is 19.3. The van der Waals surface area contributed by atoms with E-state index in [0.717, 1.165) is 37.5 Å². The molecule has 2 unspecified atom stereocenters. The molecule has 0 saturated carbocycles. The third-order valence-corrected chi connectivity index (χ3v) is 6.31. The largest absolute Gasteiger partial charge is 0.465 e. The van der Waals surface area contributed by atoms with Gasteiger partial charge in [-0.05, 0) is 37.5 Å². The molecule has 0 bridgehead atoms. The van der Waals surface area contributed by atoms with Crippen molar-refractivity contribution in [2.75, 3.05) is 13.2 Å². The van der Waals surface area contributed by atoms with Crippen LogP contribution in [0.3, 0.4) is 0 Å². The number of hydrogen-bond acceptors (Lipinski definition) is 4. The maximum Gasteiger partial charge on any atom is 0.312 e. The highest BCUT2D eigenvalue weighted by Crippen LogP contribution is 2.24. The topological polar surface area (TPSA) is 52.6 Å². The van der Waals surface area contributed by atoms with E-state index < -0.39 is 0 Å². The Morgan fingerprint density at radius 3 is 1.31 bits per heavy atom. The van der Waals surface area contributed by atoms with Gasteiger partial charge in [0.1, 0.15) is 0 Å². The van der Waals surface area contributed by atoms with E-state index in [9.17, 15) is 9.59 Å². The number of ether oxygens (including phenoxy) is 2. The molecule has 1 rings (SSSR count). The van der Waals surface area contributed by atoms with Gasteiger partial charge in [-0.3, -0.25) is 9.59 Å². The fourth-order valence-electron chi connectivity index (χ4n) is 4.14. The minimum absolute atomic E-state index is 0.148. The molecule has 0 aromatic carbocycles. The number of carbonyl (C=O) groups is 2. The fraction of sp³-hybridized carbons (Fsp3) is 0.857. The molecule has 32 heavy (non-hydrogen) atoms. The van der Waals surface area contributed by atoms with Crippen LogP contribution in [0.1, 0.15) is 118 Å². The van der Waals surface area contributed by atoms with Gasteiger partial charge in [0.15, 0.2) is 0 Å². The Bertz CT molecular complexity index is 478. The SMILES string of the molecule is CC(C)CCCCCCCOC(=O)C1C=CC(C(=O)OCCCCCCCC(C)C)CC1. The summed E-state index contributed by atoms with van der Waals surface area (Å²) >= 11 is 0. The molecule has 0 heterocycles. The summed E-state index contributed by atoms with van der Waals surface area (Å²) in [6, 6.07) is 0. The average molecular weight is 451 g/mol. The molecular weight excluding hydrogens is 400 g/mol. The van der Waals surface area contributed by atoms with Crippen LogP contribution in [0.2, 0.25) is 0 Å². The Balaban J connectivity index is 2.05. The van der Waals surface area contributed by atoms with Crippen LogP contribution in [-0.4, -0.2) is 25.2 Å². The molecule has 1 aliphatic carbocycles. The maximum absolute atomic E-state index is 12.3. The van der Waals surface area contributed by atoms with Gasteiger partial charge in [-0.15, -0.1) is 0 Å². The van der Waals surface area contributed by atoms with E-state index in [4.69, 9.17) is 9.47 Å². The van der Waals surface area contributed by atoms with E-state index in [1.54, 1.807) is 0 Å². The Hall–Kier alpha value is -1.32. The predicted octanol–water partition coefficient (Wildman–Crippen LogP) is 7.65. The Morgan fingerprint density at radius 2 is 0.969 bits per heavy atom. The lowest BCUT2D eigenvalue weighted by atomic mass is 9.88. The second kappa shape index (κ2) is 18.1. The highest BCUT2D eigenvalue weighted by Gasteiger charge is 2.27. The zero-order valence-corrected chi connectivity index (χ0v) is 21.4. The van der Waals surface area contributed by atoms with Gasteiger partial charge in [-0.25, -0.2) is 0 Å². The molecule has 1 aliphatic rings. The quantitative estimate of drug-likeness (QED) is 0.122. The van der Waals surface area contributed by atoms with Gasteiger partial charge in [0.2, 0.25) is 0 Å². The summed E-state index contributed by atoms with van der Waals surface area (Å²) in [4.78, 5) is 24.5. The predicted molar refractivity (Wildman–Crippen MR) is 132 cm³/mol. The van der Waals surface area contributed by atoms with Crippen molar-refractivity contribution in [1.29, 1.82) is 0 Å². The van der Waals surface area contributed by atoms with E-state index >= 15 is 0 Å². The molecule has 4 heteroatoms. The van der Waals surface area contributed by atoms with Crippen molar-refractivity contribution < 1.29 is 19.1 Å². The van der Waals surface area contributed by atoms with E-state index in [0.29, 0.717) is 26.1 Å². The van der Waals surface area contributed by atoms with Gasteiger partial charge < -0.3 is 9.47 Å². The molecular formula is C28H50O4. The van der Waals surface area contributed by atoms with Crippen molar-refractivity contribution in [1.82, 2.24) is 0 Å². The summed E-state index contributed by atoms with van der Waals surface area (Å²) in [5.41, 5.74) is 0. The molecule has 0 aliphatic heterocycles. The standard InChI is InChI=1S/C28H50O4/c1-23(2)15-11-7-5-9-13-21-31-27(29)25-17-19-26(20-18-25)28(30)32-22-14-10-6-8-12-16-24(3)4/h17,19,23-26H,5-16,18,20-22H2,1-4H3. The summed E-state index contributed by atoms with van der Waals surface area (Å²) in [6.45, 7) is 10.1. The first-order chi connectivity index (χ1) is 15.4. The van der Waals surface area contributed by atoms with Crippen LogP contribution in [0.5, 0.6) is 0 Å². The number of carbonyl (C=O) groups excluding carboxylic acids is 2. The van der Waals surface area contributed by atoms with Crippen LogP contribution in [0, 0.1) is 23.7 Å². The normalized spacial score (nSPS) is 18.3. The Labute approximate surface area is 197 Å². The first-order valence-corrected chi connectivity index (χ1v) is 13.4. The lowest BCUT2D eigenvalue weighted by Gasteiger charge is -2.21. The number of rotatable bonds is 18. The summed E-state index contributed by atoms with van der Waals surface area (Å²) in [7, 11) is 0. The summed E-state index contributed by atoms with van der Waals surface area (Å²) in [5.74, 6) is 0.855. The maximum atomic E-state index is 12.3. The number of hydrogen-bond donors (Lipinski definition) is 0. The third-order valence-electron chi connectivity index (χ3n) is 6.31. The first kappa shape index (κ1) is 28.7. The van der Waals surface area contributed by atoms with Gasteiger partial charge in [0.25, 0.3) is 0 Å². The van der Waals surface area contributed by atoms with Gasteiger partial charge in [0.05, 0.1) is 25.0 Å². The lowest BCUT2D eigenvalue weighted by Crippen LogP contribution is -2.24. The second-order valence-corrected chi connectivity index (χ2v) is 10.4. The number of esters is 2. The molecule has 0 saturated heterocycles. The molecule has 2 atom stereocenters. The first-order valence-electron chi connectivity index (χ1n) is 13.4. The van der Waals surface area contributed by atoms with Crippen LogP contribution in [0.15, 0.2) is 12.2 Å². The highest BCUT2D eigenvalue weighted by atomic mass is 16.5. The van der Waals surface area contributed by atoms with E-state index in [1.807, 2.05) is 12.2 Å². The monoisotopic (exact) mass is 450 g/mol. The minimum atomic E-state index is -0.212. The third kappa shape index (κ3) is 14.7. The van der Waals surface area contributed by atoms with Gasteiger partial charge in [-0.1, -0.05) is 104 Å². The van der Waals surface area contributed by atoms with Crippen molar-refractivity contribution >= 4 is 11.9 Å². The highest BCUT2D eigenvalue weighted by molar-refractivity contribution is 5.78. The molecule has 0 amide bonds. The summed E-state index contributed by atoms with van der Waals surface area (Å²) in [5, 5.41) is 0. The molecule has 0 aromatic heterocycles. The smallest absolute Gasteiger partial charge is 0.312 e. The van der Waals surface area contributed by atoms with Crippen LogP contribution >= 0.6 is 0 Å². The van der Waals surface area contributed by atoms with Crippen LogP contribution < -0.4 is 0 Å². The molecule has 0 aromatic rings. The van der Waals surface area contributed by atoms with Gasteiger partial charge in [0, 0.05) is 0 Å². The molecule has 0 spiro atoms. The zero-order valence-electron chi connectivity index (χ0n) is 21.4. The molecule has 186 valence electrons. The van der Waals surface area contributed by atoms with Crippen LogP contribution in [0.4, 0.5) is 0 Å². The van der Waals surface area contributed by atoms with Crippen molar-refractivity contribution in [3.63, 3.8) is 0 Å². The van der Waals surface area contributed by atoms with E-state index in [-0.39, 0.29) is 23.8 Å². The number of unbranched alkanes of at least 4 members (excludes halogenated alkanes) is 8. The zero-order chi connectivity index (χ0) is 23.6. The molecule has 0 fully saturated rings. The molecule has 0 N–H and O–H groups in total. The van der Waals surface area contributed by atoms with Crippen molar-refractivity contribution in [3.8, 4) is 0 Å². The summed E-state index contributed by atoms with van der Waals surface area (Å²) < 4.78 is 10.9. The minimum Gasteiger partial charge on any atom is -0.465 e. The Kier molecular flexibility index (Phi) is 16.3. The van der Waals surface area contributed by atoms with Crippen molar-refractivity contribution in [2.45, 2.75) is 118 Å². The van der Waals surface area contributed by atoms with Crippen molar-refractivity contribution in [3.05, 3.63) is 12.2 Å². The molecule has 0 radical (unpaired) electrons. The van der Waals surface area contributed by atoms with Crippen molar-refractivity contribution in [2.24, 2.45) is 23.7 Å². The van der Waals surface area contributed by atoms with Crippen LogP contribution in [-0.2, 0) is 19.1 Å². The molecule has 4 nitrogen and oxygen atoms in total. The van der Waals surface area contributed by atoms with Gasteiger partial charge in [-0.2, -0.15) is 0 Å². The second-order valence-electron chi connectivity index (χ2n) is 10.4. The van der Waals surface area contributed by atoms with E-state index in [2.05, 4.69) is 27.7 Å². The Morgan fingerprint density at radius 1 is 0.625 bits per heavy atom. The van der Waals surface area contributed by atoms with Gasteiger partial charge >= 0.3 is 11.9 Å². The average Bonchev–Trinajstić information content (AvgIpc) is 2.76. The fourth-order valence-corrected chi connectivity index (χ4v) is 4.14. The lowest BCUT2D eigenvalue weighted by molar-refractivity contribution is -0.150. The van der Waals surface area contributed by atoms with E-state index in [1.165, 1.54) is 51.4 Å². The van der Waals surface area contributed by atoms with Crippen LogP contribution in [0.25, 0.3) is 0 Å².